The normalized spacial score (nSPS) is 15.1. The maximum Gasteiger partial charge on any atom is 0.263 e. The summed E-state index contributed by atoms with van der Waals surface area (Å²) in [6, 6.07) is 9.72. The molecule has 1 heterocycles. The second-order valence-electron chi connectivity index (χ2n) is 5.41. The van der Waals surface area contributed by atoms with Crippen molar-refractivity contribution in [2.45, 2.75) is 0 Å². The number of ether oxygens (including phenoxy) is 1. The molecule has 0 spiro atoms. The van der Waals surface area contributed by atoms with Gasteiger partial charge in [-0.3, -0.25) is 4.79 Å². The van der Waals surface area contributed by atoms with Gasteiger partial charge in [0.15, 0.2) is 0 Å². The molecule has 2 rings (SSSR count). The number of amides is 1. The number of nitrogens with one attached hydrogen (secondary N) is 1. The topological polar surface area (TPSA) is 68.6 Å². The van der Waals surface area contributed by atoms with Crippen LogP contribution in [0.25, 0.3) is 0 Å². The van der Waals surface area contributed by atoms with Crippen LogP contribution in [0.15, 0.2) is 36.0 Å². The van der Waals surface area contributed by atoms with Crippen molar-refractivity contribution in [3.63, 3.8) is 0 Å². The molecule has 0 bridgehead atoms. The third-order valence-electron chi connectivity index (χ3n) is 3.76. The molecule has 128 valence electrons. The SMILES string of the molecule is COCCNC(=O)/C(C#N)=C\N1CCN(c2cccc(Cl)c2)CC1. The van der Waals surface area contributed by atoms with Crippen LogP contribution < -0.4 is 10.2 Å². The number of carbonyl (C=O) groups is 1. The lowest BCUT2D eigenvalue weighted by molar-refractivity contribution is -0.117. The van der Waals surface area contributed by atoms with Crippen molar-refractivity contribution in [2.75, 3.05) is 51.3 Å². The van der Waals surface area contributed by atoms with Crippen LogP contribution in [0.5, 0.6) is 0 Å². The van der Waals surface area contributed by atoms with Crippen LogP contribution in [0, 0.1) is 11.3 Å². The van der Waals surface area contributed by atoms with Gasteiger partial charge in [-0.1, -0.05) is 17.7 Å². The van der Waals surface area contributed by atoms with E-state index in [1.54, 1.807) is 13.3 Å². The fourth-order valence-electron chi connectivity index (χ4n) is 2.46. The highest BCUT2D eigenvalue weighted by molar-refractivity contribution is 6.30. The quantitative estimate of drug-likeness (QED) is 0.481. The molecule has 0 aromatic heterocycles. The number of carbonyl (C=O) groups excluding carboxylic acids is 1. The maximum absolute atomic E-state index is 11.9. The Morgan fingerprint density at radius 3 is 2.79 bits per heavy atom. The lowest BCUT2D eigenvalue weighted by atomic mass is 10.2. The predicted octanol–water partition coefficient (Wildman–Crippen LogP) is 1.63. The minimum atomic E-state index is -0.369. The molecule has 1 aromatic rings. The van der Waals surface area contributed by atoms with E-state index in [1.165, 1.54) is 0 Å². The van der Waals surface area contributed by atoms with E-state index in [-0.39, 0.29) is 11.5 Å². The first-order chi connectivity index (χ1) is 11.6. The number of piperazine rings is 1. The highest BCUT2D eigenvalue weighted by atomic mass is 35.5. The molecule has 1 fully saturated rings. The number of benzene rings is 1. The zero-order valence-corrected chi connectivity index (χ0v) is 14.4. The molecular weight excluding hydrogens is 328 g/mol. The van der Waals surface area contributed by atoms with E-state index >= 15 is 0 Å². The minimum absolute atomic E-state index is 0.113. The molecule has 7 heteroatoms. The van der Waals surface area contributed by atoms with Crippen LogP contribution in [-0.2, 0) is 9.53 Å². The molecule has 1 saturated heterocycles. The Labute approximate surface area is 147 Å². The Morgan fingerprint density at radius 1 is 1.42 bits per heavy atom. The number of methoxy groups -OCH3 is 1. The van der Waals surface area contributed by atoms with Gasteiger partial charge >= 0.3 is 0 Å². The van der Waals surface area contributed by atoms with Gasteiger partial charge in [-0.2, -0.15) is 5.26 Å². The van der Waals surface area contributed by atoms with Gasteiger partial charge in [0.2, 0.25) is 0 Å². The number of nitriles is 1. The van der Waals surface area contributed by atoms with Crippen molar-refractivity contribution in [3.8, 4) is 6.07 Å². The largest absolute Gasteiger partial charge is 0.383 e. The molecule has 6 nitrogen and oxygen atoms in total. The smallest absolute Gasteiger partial charge is 0.263 e. The van der Waals surface area contributed by atoms with Gasteiger partial charge < -0.3 is 19.9 Å². The number of halogens is 1. The molecule has 1 aromatic carbocycles. The van der Waals surface area contributed by atoms with Crippen molar-refractivity contribution >= 4 is 23.2 Å². The van der Waals surface area contributed by atoms with Crippen LogP contribution in [0.1, 0.15) is 0 Å². The van der Waals surface area contributed by atoms with Crippen molar-refractivity contribution in [2.24, 2.45) is 0 Å². The average molecular weight is 349 g/mol. The standard InChI is InChI=1S/C17H21ClN4O2/c1-24-10-5-20-17(23)14(12-19)13-21-6-8-22(9-7-21)16-4-2-3-15(18)11-16/h2-4,11,13H,5-10H2,1H3,(H,20,23)/b14-13-. The van der Waals surface area contributed by atoms with Crippen molar-refractivity contribution in [3.05, 3.63) is 41.1 Å². The first-order valence-electron chi connectivity index (χ1n) is 7.77. The predicted molar refractivity (Wildman–Crippen MR) is 93.8 cm³/mol. The molecule has 0 radical (unpaired) electrons. The third kappa shape index (κ3) is 5.15. The van der Waals surface area contributed by atoms with E-state index < -0.39 is 0 Å². The molecule has 0 saturated carbocycles. The van der Waals surface area contributed by atoms with Gasteiger partial charge in [-0.05, 0) is 18.2 Å². The highest BCUT2D eigenvalue weighted by Crippen LogP contribution is 2.20. The first-order valence-corrected chi connectivity index (χ1v) is 8.15. The molecule has 24 heavy (non-hydrogen) atoms. The Kier molecular flexibility index (Phi) is 6.91. The van der Waals surface area contributed by atoms with Gasteiger partial charge in [0, 0.05) is 56.7 Å². The zero-order valence-electron chi connectivity index (χ0n) is 13.7. The van der Waals surface area contributed by atoms with Crippen LogP contribution in [0.4, 0.5) is 5.69 Å². The summed E-state index contributed by atoms with van der Waals surface area (Å²) < 4.78 is 4.88. The van der Waals surface area contributed by atoms with Crippen LogP contribution in [0.3, 0.4) is 0 Å². The highest BCUT2D eigenvalue weighted by Gasteiger charge is 2.17. The fraction of sp³-hybridized carbons (Fsp3) is 0.412. The number of anilines is 1. The molecule has 0 unspecified atom stereocenters. The number of hydrogen-bond donors (Lipinski definition) is 1. The van der Waals surface area contributed by atoms with E-state index in [0.29, 0.717) is 18.2 Å². The third-order valence-corrected chi connectivity index (χ3v) is 3.99. The summed E-state index contributed by atoms with van der Waals surface area (Å²) in [6.45, 7) is 3.90. The molecule has 1 amide bonds. The first kappa shape index (κ1) is 18.1. The molecule has 1 aliphatic rings. The van der Waals surface area contributed by atoms with Crippen molar-refractivity contribution < 1.29 is 9.53 Å². The van der Waals surface area contributed by atoms with Crippen LogP contribution in [-0.4, -0.2) is 57.2 Å². The van der Waals surface area contributed by atoms with Crippen LogP contribution >= 0.6 is 11.6 Å². The molecule has 0 aliphatic carbocycles. The van der Waals surface area contributed by atoms with Gasteiger partial charge in [0.1, 0.15) is 11.6 Å². The Hall–Kier alpha value is -2.23. The number of nitrogens with zero attached hydrogens (tertiary/aromatic N) is 3. The molecule has 0 atom stereocenters. The van der Waals surface area contributed by atoms with Gasteiger partial charge in [0.05, 0.1) is 6.61 Å². The van der Waals surface area contributed by atoms with Gasteiger partial charge in [-0.15, -0.1) is 0 Å². The molecular formula is C17H21ClN4O2. The monoisotopic (exact) mass is 348 g/mol. The van der Waals surface area contributed by atoms with E-state index in [1.807, 2.05) is 35.2 Å². The maximum atomic E-state index is 11.9. The Morgan fingerprint density at radius 2 is 2.17 bits per heavy atom. The lowest BCUT2D eigenvalue weighted by Gasteiger charge is -2.35. The van der Waals surface area contributed by atoms with Crippen molar-refractivity contribution in [1.29, 1.82) is 5.26 Å². The van der Waals surface area contributed by atoms with E-state index in [0.717, 1.165) is 31.9 Å². The number of rotatable bonds is 6. The van der Waals surface area contributed by atoms with Crippen LogP contribution in [0.2, 0.25) is 5.02 Å². The lowest BCUT2D eigenvalue weighted by Crippen LogP contribution is -2.44. The average Bonchev–Trinajstić information content (AvgIpc) is 2.60. The van der Waals surface area contributed by atoms with Gasteiger partial charge in [-0.25, -0.2) is 0 Å². The minimum Gasteiger partial charge on any atom is -0.383 e. The van der Waals surface area contributed by atoms with E-state index in [9.17, 15) is 10.1 Å². The fourth-order valence-corrected chi connectivity index (χ4v) is 2.65. The second-order valence-corrected chi connectivity index (χ2v) is 5.84. The van der Waals surface area contributed by atoms with Gasteiger partial charge in [0.25, 0.3) is 5.91 Å². The number of hydrogen-bond acceptors (Lipinski definition) is 5. The summed E-state index contributed by atoms with van der Waals surface area (Å²) in [7, 11) is 1.56. The summed E-state index contributed by atoms with van der Waals surface area (Å²) in [5.74, 6) is -0.369. The Bertz CT molecular complexity index is 634. The van der Waals surface area contributed by atoms with Crippen molar-refractivity contribution in [1.82, 2.24) is 10.2 Å². The Balaban J connectivity index is 1.90. The second kappa shape index (κ2) is 9.16. The summed E-state index contributed by atoms with van der Waals surface area (Å²) in [6.07, 6.45) is 1.64. The van der Waals surface area contributed by atoms with E-state index in [2.05, 4.69) is 10.2 Å². The molecule has 1 aliphatic heterocycles. The summed E-state index contributed by atoms with van der Waals surface area (Å²) in [4.78, 5) is 16.2. The summed E-state index contributed by atoms with van der Waals surface area (Å²) in [5.41, 5.74) is 1.20. The molecule has 1 N–H and O–H groups in total. The summed E-state index contributed by atoms with van der Waals surface area (Å²) in [5, 5.41) is 12.6. The zero-order chi connectivity index (χ0) is 17.4. The summed E-state index contributed by atoms with van der Waals surface area (Å²) >= 11 is 6.03. The van der Waals surface area contributed by atoms with E-state index in [4.69, 9.17) is 16.3 Å².